The van der Waals surface area contributed by atoms with Crippen LogP contribution in [0, 0.1) is 18.8 Å². The lowest BCUT2D eigenvalue weighted by atomic mass is 9.82. The van der Waals surface area contributed by atoms with Gasteiger partial charge < -0.3 is 14.7 Å². The van der Waals surface area contributed by atoms with E-state index < -0.39 is 0 Å². The van der Waals surface area contributed by atoms with Crippen LogP contribution in [0.5, 0.6) is 11.5 Å². The minimum Gasteiger partial charge on any atom is -0.508 e. The van der Waals surface area contributed by atoms with Gasteiger partial charge in [0.1, 0.15) is 11.5 Å². The first-order chi connectivity index (χ1) is 13.1. The van der Waals surface area contributed by atoms with Crippen LogP contribution >= 0.6 is 0 Å². The maximum atomic E-state index is 12.6. The molecule has 1 aliphatic carbocycles. The lowest BCUT2D eigenvalue weighted by molar-refractivity contribution is 0.0721. The molecule has 0 spiro atoms. The highest BCUT2D eigenvalue weighted by molar-refractivity contribution is 5.98. The average molecular weight is 365 g/mol. The van der Waals surface area contributed by atoms with Crippen LogP contribution in [0.1, 0.15) is 47.2 Å². The van der Waals surface area contributed by atoms with Crippen molar-refractivity contribution in [2.24, 2.45) is 11.8 Å². The standard InChI is InChI=1S/C23H27NO3/c1-16-2-10-21(11-3-16)27-15-18-6-4-17(5-7-18)13-24-14-19-8-9-20(25)12-22(19)23(24)26/h2-3,8-12,17-18,25H,4-7,13-15H2,1H3/t17-,18-. The average Bonchev–Trinajstić information content (AvgIpc) is 2.98. The molecule has 0 saturated heterocycles. The molecule has 1 amide bonds. The van der Waals surface area contributed by atoms with Gasteiger partial charge in [-0.2, -0.15) is 0 Å². The Labute approximate surface area is 160 Å². The molecule has 0 aromatic heterocycles. The zero-order valence-corrected chi connectivity index (χ0v) is 15.9. The highest BCUT2D eigenvalue weighted by Gasteiger charge is 2.31. The SMILES string of the molecule is Cc1ccc(OC[C@H]2CC[C@H](CN3Cc4ccc(O)cc4C3=O)CC2)cc1. The number of amides is 1. The van der Waals surface area contributed by atoms with Gasteiger partial charge in [-0.15, -0.1) is 0 Å². The number of ether oxygens (including phenoxy) is 1. The molecule has 1 saturated carbocycles. The van der Waals surface area contributed by atoms with E-state index in [9.17, 15) is 9.90 Å². The second-order valence-corrected chi connectivity index (χ2v) is 8.04. The van der Waals surface area contributed by atoms with Gasteiger partial charge in [0.2, 0.25) is 0 Å². The van der Waals surface area contributed by atoms with Crippen molar-refractivity contribution in [3.8, 4) is 11.5 Å². The number of phenolic OH excluding ortho intramolecular Hbond substituents is 1. The smallest absolute Gasteiger partial charge is 0.254 e. The molecule has 4 heteroatoms. The zero-order valence-electron chi connectivity index (χ0n) is 15.9. The monoisotopic (exact) mass is 365 g/mol. The maximum Gasteiger partial charge on any atom is 0.254 e. The van der Waals surface area contributed by atoms with Crippen molar-refractivity contribution in [3.05, 3.63) is 59.2 Å². The molecule has 142 valence electrons. The lowest BCUT2D eigenvalue weighted by Crippen LogP contribution is -2.32. The third kappa shape index (κ3) is 4.10. The molecule has 1 N–H and O–H groups in total. The summed E-state index contributed by atoms with van der Waals surface area (Å²) in [7, 11) is 0. The van der Waals surface area contributed by atoms with Crippen molar-refractivity contribution in [1.29, 1.82) is 0 Å². The van der Waals surface area contributed by atoms with Crippen LogP contribution in [-0.2, 0) is 6.54 Å². The number of aryl methyl sites for hydroxylation is 1. The molecule has 0 atom stereocenters. The second kappa shape index (κ2) is 7.63. The third-order valence-corrected chi connectivity index (χ3v) is 5.92. The fourth-order valence-electron chi connectivity index (χ4n) is 4.24. The van der Waals surface area contributed by atoms with Crippen LogP contribution in [0.15, 0.2) is 42.5 Å². The zero-order chi connectivity index (χ0) is 18.8. The molecule has 2 aromatic carbocycles. The van der Waals surface area contributed by atoms with Gasteiger partial charge in [-0.1, -0.05) is 23.8 Å². The van der Waals surface area contributed by atoms with Crippen molar-refractivity contribution < 1.29 is 14.6 Å². The molecule has 1 fully saturated rings. The summed E-state index contributed by atoms with van der Waals surface area (Å²) in [5, 5.41) is 9.61. The fourth-order valence-corrected chi connectivity index (χ4v) is 4.24. The first kappa shape index (κ1) is 17.9. The minimum absolute atomic E-state index is 0.0609. The topological polar surface area (TPSA) is 49.8 Å². The van der Waals surface area contributed by atoms with Crippen molar-refractivity contribution in [2.75, 3.05) is 13.2 Å². The quantitative estimate of drug-likeness (QED) is 0.846. The lowest BCUT2D eigenvalue weighted by Gasteiger charge is -2.31. The predicted molar refractivity (Wildman–Crippen MR) is 105 cm³/mol. The number of hydrogen-bond donors (Lipinski definition) is 1. The molecule has 27 heavy (non-hydrogen) atoms. The van der Waals surface area contributed by atoms with Gasteiger partial charge in [-0.25, -0.2) is 0 Å². The number of benzene rings is 2. The number of carbonyl (C=O) groups excluding carboxylic acids is 1. The highest BCUT2D eigenvalue weighted by Crippen LogP contribution is 2.33. The van der Waals surface area contributed by atoms with Crippen molar-refractivity contribution in [1.82, 2.24) is 4.90 Å². The van der Waals surface area contributed by atoms with Gasteiger partial charge in [0.05, 0.1) is 6.61 Å². The van der Waals surface area contributed by atoms with Crippen LogP contribution in [0.25, 0.3) is 0 Å². The molecule has 1 aliphatic heterocycles. The van der Waals surface area contributed by atoms with Gasteiger partial charge in [0, 0.05) is 18.7 Å². The first-order valence-corrected chi connectivity index (χ1v) is 9.89. The van der Waals surface area contributed by atoms with E-state index >= 15 is 0 Å². The molecule has 2 aliphatic rings. The number of hydrogen-bond acceptors (Lipinski definition) is 3. The molecule has 0 unspecified atom stereocenters. The van der Waals surface area contributed by atoms with Crippen LogP contribution in [0.3, 0.4) is 0 Å². The van der Waals surface area contributed by atoms with Crippen LogP contribution in [-0.4, -0.2) is 29.1 Å². The van der Waals surface area contributed by atoms with Gasteiger partial charge >= 0.3 is 0 Å². The third-order valence-electron chi connectivity index (χ3n) is 5.92. The minimum atomic E-state index is 0.0609. The van der Waals surface area contributed by atoms with Gasteiger partial charge in [-0.05, 0) is 74.3 Å². The Bertz CT molecular complexity index is 807. The number of aromatic hydroxyl groups is 1. The van der Waals surface area contributed by atoms with Gasteiger partial charge in [0.25, 0.3) is 5.91 Å². The normalized spacial score (nSPS) is 22.0. The van der Waals surface area contributed by atoms with E-state index in [4.69, 9.17) is 4.74 Å². The molecule has 4 nitrogen and oxygen atoms in total. The van der Waals surface area contributed by atoms with E-state index in [2.05, 4.69) is 19.1 Å². The van der Waals surface area contributed by atoms with Crippen molar-refractivity contribution >= 4 is 5.91 Å². The predicted octanol–water partition coefficient (Wildman–Crippen LogP) is 4.54. The Hall–Kier alpha value is -2.49. The summed E-state index contributed by atoms with van der Waals surface area (Å²) in [6, 6.07) is 13.4. The Balaban J connectivity index is 1.24. The van der Waals surface area contributed by atoms with Gasteiger partial charge in [-0.3, -0.25) is 4.79 Å². The first-order valence-electron chi connectivity index (χ1n) is 9.89. The summed E-state index contributed by atoms with van der Waals surface area (Å²) in [6.07, 6.45) is 4.61. The molecule has 0 bridgehead atoms. The molecule has 1 heterocycles. The van der Waals surface area contributed by atoms with E-state index in [0.29, 0.717) is 23.9 Å². The summed E-state index contributed by atoms with van der Waals surface area (Å²) < 4.78 is 5.95. The van der Waals surface area contributed by atoms with E-state index in [0.717, 1.165) is 50.1 Å². The summed E-state index contributed by atoms with van der Waals surface area (Å²) in [6.45, 7) is 4.35. The van der Waals surface area contributed by atoms with E-state index in [-0.39, 0.29) is 11.7 Å². The number of rotatable bonds is 5. The van der Waals surface area contributed by atoms with E-state index in [1.165, 1.54) is 5.56 Å². The summed E-state index contributed by atoms with van der Waals surface area (Å²) in [5.74, 6) is 2.34. The molecule has 4 rings (SSSR count). The van der Waals surface area contributed by atoms with E-state index in [1.807, 2.05) is 23.1 Å². The summed E-state index contributed by atoms with van der Waals surface area (Å²) in [4.78, 5) is 14.5. The Morgan fingerprint density at radius 2 is 1.74 bits per heavy atom. The number of nitrogens with zero attached hydrogens (tertiary/aromatic N) is 1. The molecule has 2 aromatic rings. The maximum absolute atomic E-state index is 12.6. The fraction of sp³-hybridized carbons (Fsp3) is 0.435. The highest BCUT2D eigenvalue weighted by atomic mass is 16.5. The van der Waals surface area contributed by atoms with Crippen LogP contribution < -0.4 is 4.74 Å². The number of carbonyl (C=O) groups is 1. The Kier molecular flexibility index (Phi) is 5.06. The van der Waals surface area contributed by atoms with Crippen molar-refractivity contribution in [3.63, 3.8) is 0 Å². The second-order valence-electron chi connectivity index (χ2n) is 8.04. The Morgan fingerprint density at radius 1 is 1.04 bits per heavy atom. The number of phenols is 1. The van der Waals surface area contributed by atoms with Gasteiger partial charge in [0.15, 0.2) is 0 Å². The Morgan fingerprint density at radius 3 is 2.48 bits per heavy atom. The summed E-state index contributed by atoms with van der Waals surface area (Å²) >= 11 is 0. The summed E-state index contributed by atoms with van der Waals surface area (Å²) in [5.41, 5.74) is 2.94. The molecular formula is C23H27NO3. The molecular weight excluding hydrogens is 338 g/mol. The molecule has 0 radical (unpaired) electrons. The van der Waals surface area contributed by atoms with Crippen LogP contribution in [0.2, 0.25) is 0 Å². The largest absolute Gasteiger partial charge is 0.508 e. The van der Waals surface area contributed by atoms with Crippen molar-refractivity contribution in [2.45, 2.75) is 39.2 Å². The van der Waals surface area contributed by atoms with E-state index in [1.54, 1.807) is 12.1 Å². The van der Waals surface area contributed by atoms with Crippen LogP contribution in [0.4, 0.5) is 0 Å². The number of fused-ring (bicyclic) bond motifs is 1.